The number of rotatable bonds is 2. The van der Waals surface area contributed by atoms with Crippen LogP contribution in [0.1, 0.15) is 5.82 Å². The fraction of sp³-hybridized carbons (Fsp3) is 0.200. The topological polar surface area (TPSA) is 29.0 Å². The Morgan fingerprint density at radius 1 is 1.23 bits per heavy atom. The van der Waals surface area contributed by atoms with Crippen molar-refractivity contribution in [2.45, 2.75) is 6.54 Å². The zero-order valence-electron chi connectivity index (χ0n) is 7.30. The lowest BCUT2D eigenvalue weighted by Gasteiger charge is -2.18. The van der Waals surface area contributed by atoms with E-state index in [1.807, 2.05) is 18.2 Å². The SMILES string of the molecule is C1=CCN(Cc2ncccn2)C=C1. The van der Waals surface area contributed by atoms with Crippen LogP contribution >= 0.6 is 0 Å². The molecule has 2 rings (SSSR count). The monoisotopic (exact) mass is 173 g/mol. The molecule has 0 amide bonds. The summed E-state index contributed by atoms with van der Waals surface area (Å²) >= 11 is 0. The molecule has 1 aromatic heterocycles. The second kappa shape index (κ2) is 3.85. The van der Waals surface area contributed by atoms with Gasteiger partial charge >= 0.3 is 0 Å². The summed E-state index contributed by atoms with van der Waals surface area (Å²) < 4.78 is 0. The Kier molecular flexibility index (Phi) is 2.36. The Hall–Kier alpha value is -1.64. The van der Waals surface area contributed by atoms with Gasteiger partial charge in [-0.25, -0.2) is 9.97 Å². The highest BCUT2D eigenvalue weighted by atomic mass is 15.1. The summed E-state index contributed by atoms with van der Waals surface area (Å²) in [6.07, 6.45) is 11.8. The van der Waals surface area contributed by atoms with E-state index in [-0.39, 0.29) is 0 Å². The molecule has 1 aromatic rings. The molecule has 13 heavy (non-hydrogen) atoms. The smallest absolute Gasteiger partial charge is 0.147 e. The summed E-state index contributed by atoms with van der Waals surface area (Å²) in [4.78, 5) is 10.5. The number of hydrogen-bond acceptors (Lipinski definition) is 3. The van der Waals surface area contributed by atoms with Crippen LogP contribution in [0, 0.1) is 0 Å². The van der Waals surface area contributed by atoms with E-state index in [2.05, 4.69) is 27.1 Å². The second-order valence-corrected chi connectivity index (χ2v) is 2.86. The average molecular weight is 173 g/mol. The molecule has 0 aromatic carbocycles. The Morgan fingerprint density at radius 3 is 2.77 bits per heavy atom. The van der Waals surface area contributed by atoms with Gasteiger partial charge in [-0.15, -0.1) is 0 Å². The number of nitrogens with zero attached hydrogens (tertiary/aromatic N) is 3. The Bertz CT molecular complexity index is 316. The third-order valence-corrected chi connectivity index (χ3v) is 1.85. The van der Waals surface area contributed by atoms with Crippen molar-refractivity contribution in [3.05, 3.63) is 48.7 Å². The Labute approximate surface area is 77.4 Å². The lowest BCUT2D eigenvalue weighted by atomic mass is 10.3. The van der Waals surface area contributed by atoms with Gasteiger partial charge in [0.05, 0.1) is 6.54 Å². The van der Waals surface area contributed by atoms with Crippen molar-refractivity contribution in [2.24, 2.45) is 0 Å². The molecule has 0 N–H and O–H groups in total. The van der Waals surface area contributed by atoms with Crippen molar-refractivity contribution >= 4 is 0 Å². The molecular formula is C10H11N3. The molecule has 0 radical (unpaired) electrons. The van der Waals surface area contributed by atoms with Crippen molar-refractivity contribution < 1.29 is 0 Å². The first-order valence-corrected chi connectivity index (χ1v) is 4.28. The van der Waals surface area contributed by atoms with Gasteiger partial charge in [-0.1, -0.05) is 12.2 Å². The fourth-order valence-electron chi connectivity index (χ4n) is 1.22. The van der Waals surface area contributed by atoms with Crippen LogP contribution in [-0.4, -0.2) is 21.4 Å². The van der Waals surface area contributed by atoms with Crippen LogP contribution in [0.25, 0.3) is 0 Å². The predicted molar refractivity (Wildman–Crippen MR) is 50.7 cm³/mol. The Balaban J connectivity index is 1.99. The first-order valence-electron chi connectivity index (χ1n) is 4.28. The molecule has 0 saturated carbocycles. The van der Waals surface area contributed by atoms with Crippen LogP contribution in [-0.2, 0) is 6.54 Å². The zero-order chi connectivity index (χ0) is 8.93. The van der Waals surface area contributed by atoms with Gasteiger partial charge < -0.3 is 4.90 Å². The third-order valence-electron chi connectivity index (χ3n) is 1.85. The first-order chi connectivity index (χ1) is 6.45. The van der Waals surface area contributed by atoms with Gasteiger partial charge in [0.25, 0.3) is 0 Å². The van der Waals surface area contributed by atoms with E-state index in [9.17, 15) is 0 Å². The normalized spacial score (nSPS) is 14.9. The highest BCUT2D eigenvalue weighted by molar-refractivity contribution is 5.09. The van der Waals surface area contributed by atoms with Crippen molar-refractivity contribution in [3.8, 4) is 0 Å². The molecule has 0 saturated heterocycles. The lowest BCUT2D eigenvalue weighted by Crippen LogP contribution is -2.19. The van der Waals surface area contributed by atoms with Crippen LogP contribution in [0.3, 0.4) is 0 Å². The molecule has 66 valence electrons. The van der Waals surface area contributed by atoms with E-state index in [4.69, 9.17) is 0 Å². The zero-order valence-corrected chi connectivity index (χ0v) is 7.30. The van der Waals surface area contributed by atoms with E-state index in [1.54, 1.807) is 12.4 Å². The molecule has 0 unspecified atom stereocenters. The van der Waals surface area contributed by atoms with Gasteiger partial charge in [-0.3, -0.25) is 0 Å². The molecule has 3 heteroatoms. The molecular weight excluding hydrogens is 162 g/mol. The lowest BCUT2D eigenvalue weighted by molar-refractivity contribution is 0.393. The van der Waals surface area contributed by atoms with Gasteiger partial charge in [0.15, 0.2) is 0 Å². The van der Waals surface area contributed by atoms with Crippen LogP contribution in [0.5, 0.6) is 0 Å². The van der Waals surface area contributed by atoms with Gasteiger partial charge in [0.2, 0.25) is 0 Å². The molecule has 3 nitrogen and oxygen atoms in total. The molecule has 0 bridgehead atoms. The van der Waals surface area contributed by atoms with Crippen LogP contribution < -0.4 is 0 Å². The van der Waals surface area contributed by atoms with Crippen molar-refractivity contribution in [2.75, 3.05) is 6.54 Å². The quantitative estimate of drug-likeness (QED) is 0.676. The van der Waals surface area contributed by atoms with Crippen LogP contribution in [0.2, 0.25) is 0 Å². The number of aromatic nitrogens is 2. The highest BCUT2D eigenvalue weighted by Crippen LogP contribution is 2.02. The molecule has 0 spiro atoms. The highest BCUT2D eigenvalue weighted by Gasteiger charge is 2.01. The van der Waals surface area contributed by atoms with Gasteiger partial charge in [0, 0.05) is 18.9 Å². The minimum atomic E-state index is 0.779. The summed E-state index contributed by atoms with van der Waals surface area (Å²) in [5, 5.41) is 0. The summed E-state index contributed by atoms with van der Waals surface area (Å²) in [6.45, 7) is 1.72. The first kappa shape index (κ1) is 7.98. The van der Waals surface area contributed by atoms with Crippen LogP contribution in [0.15, 0.2) is 42.9 Å². The van der Waals surface area contributed by atoms with Gasteiger partial charge in [-0.2, -0.15) is 0 Å². The molecule has 2 heterocycles. The summed E-state index contributed by atoms with van der Waals surface area (Å²) in [5.41, 5.74) is 0. The minimum absolute atomic E-state index is 0.779. The number of hydrogen-bond donors (Lipinski definition) is 0. The molecule has 1 aliphatic rings. The van der Waals surface area contributed by atoms with Crippen molar-refractivity contribution in [1.29, 1.82) is 0 Å². The van der Waals surface area contributed by atoms with Crippen molar-refractivity contribution in [1.82, 2.24) is 14.9 Å². The van der Waals surface area contributed by atoms with E-state index in [0.717, 1.165) is 18.9 Å². The van der Waals surface area contributed by atoms with Gasteiger partial charge in [-0.05, 0) is 18.3 Å². The Morgan fingerprint density at radius 2 is 2.08 bits per heavy atom. The average Bonchev–Trinajstić information content (AvgIpc) is 2.21. The molecule has 1 aliphatic heterocycles. The van der Waals surface area contributed by atoms with E-state index >= 15 is 0 Å². The van der Waals surface area contributed by atoms with E-state index in [1.165, 1.54) is 0 Å². The predicted octanol–water partition coefficient (Wildman–Crippen LogP) is 1.36. The summed E-state index contributed by atoms with van der Waals surface area (Å²) in [7, 11) is 0. The summed E-state index contributed by atoms with van der Waals surface area (Å²) in [6, 6.07) is 1.83. The minimum Gasteiger partial charge on any atom is -0.366 e. The fourth-order valence-corrected chi connectivity index (χ4v) is 1.22. The maximum Gasteiger partial charge on any atom is 0.147 e. The molecule has 0 fully saturated rings. The molecule has 0 aliphatic carbocycles. The maximum absolute atomic E-state index is 4.16. The van der Waals surface area contributed by atoms with Crippen LogP contribution in [0.4, 0.5) is 0 Å². The summed E-state index contributed by atoms with van der Waals surface area (Å²) in [5.74, 6) is 0.863. The standard InChI is InChI=1S/C10H11N3/c1-2-7-13(8-3-1)9-10-11-5-4-6-12-10/h1-7H,8-9H2. The van der Waals surface area contributed by atoms with Crippen molar-refractivity contribution in [3.63, 3.8) is 0 Å². The van der Waals surface area contributed by atoms with E-state index < -0.39 is 0 Å². The molecule has 0 atom stereocenters. The maximum atomic E-state index is 4.16. The number of allylic oxidation sites excluding steroid dienone is 2. The largest absolute Gasteiger partial charge is 0.366 e. The second-order valence-electron chi connectivity index (χ2n) is 2.86. The third kappa shape index (κ3) is 2.15. The van der Waals surface area contributed by atoms with E-state index in [0.29, 0.717) is 0 Å². The van der Waals surface area contributed by atoms with Gasteiger partial charge in [0.1, 0.15) is 5.82 Å².